The van der Waals surface area contributed by atoms with E-state index in [4.69, 9.17) is 5.26 Å². The van der Waals surface area contributed by atoms with Crippen LogP contribution in [0.5, 0.6) is 0 Å². The van der Waals surface area contributed by atoms with Crippen LogP contribution in [0.4, 0.5) is 10.1 Å². The van der Waals surface area contributed by atoms with E-state index in [9.17, 15) is 19.3 Å². The first-order chi connectivity index (χ1) is 11.0. The quantitative estimate of drug-likeness (QED) is 0.531. The smallest absolute Gasteiger partial charge is 0.267 e. The number of nitrogens with one attached hydrogen (secondary N) is 1. The molecule has 0 atom stereocenters. The van der Waals surface area contributed by atoms with Crippen molar-refractivity contribution in [1.29, 1.82) is 5.26 Å². The van der Waals surface area contributed by atoms with Gasteiger partial charge in [0.15, 0.2) is 0 Å². The largest absolute Gasteiger partial charge is 0.274 e. The number of hydrogen-bond acceptors (Lipinski definition) is 5. The Labute approximate surface area is 129 Å². The van der Waals surface area contributed by atoms with Gasteiger partial charge in [0, 0.05) is 12.1 Å². The highest BCUT2D eigenvalue weighted by Crippen LogP contribution is 2.11. The fraction of sp³-hybridized carbons (Fsp3) is 0. The van der Waals surface area contributed by atoms with Crippen LogP contribution in [-0.2, 0) is 0 Å². The summed E-state index contributed by atoms with van der Waals surface area (Å²) in [5.74, 6) is -1.60. The molecule has 0 fully saturated rings. The SMILES string of the molecule is N#Cc1ccc(C(=O)N/N=C\c2ccc([N+](=O)[O-])cc2)c(F)c1. The number of amides is 1. The summed E-state index contributed by atoms with van der Waals surface area (Å²) in [6.45, 7) is 0. The third kappa shape index (κ3) is 3.95. The molecule has 0 aliphatic rings. The molecule has 8 heteroatoms. The molecule has 2 aromatic carbocycles. The predicted octanol–water partition coefficient (Wildman–Crippen LogP) is 2.37. The lowest BCUT2D eigenvalue weighted by molar-refractivity contribution is -0.384. The van der Waals surface area contributed by atoms with Crippen molar-refractivity contribution in [3.8, 4) is 6.07 Å². The lowest BCUT2D eigenvalue weighted by Gasteiger charge is -2.01. The zero-order valence-electron chi connectivity index (χ0n) is 11.6. The molecule has 2 aromatic rings. The molecule has 0 saturated heterocycles. The molecule has 0 heterocycles. The number of hydrogen-bond donors (Lipinski definition) is 1. The monoisotopic (exact) mass is 312 g/mol. The second-order valence-electron chi connectivity index (χ2n) is 4.35. The van der Waals surface area contributed by atoms with E-state index in [1.165, 1.54) is 42.6 Å². The van der Waals surface area contributed by atoms with Gasteiger partial charge in [-0.25, -0.2) is 9.82 Å². The van der Waals surface area contributed by atoms with Gasteiger partial charge >= 0.3 is 0 Å². The lowest BCUT2D eigenvalue weighted by Crippen LogP contribution is -2.19. The highest BCUT2D eigenvalue weighted by molar-refractivity contribution is 5.95. The zero-order chi connectivity index (χ0) is 16.8. The van der Waals surface area contributed by atoms with Crippen LogP contribution in [0.15, 0.2) is 47.6 Å². The standard InChI is InChI=1S/C15H9FN4O3/c16-14-7-11(8-17)3-6-13(14)15(21)19-18-9-10-1-4-12(5-2-10)20(22)23/h1-7,9H,(H,19,21)/b18-9-. The molecule has 0 unspecified atom stereocenters. The molecule has 0 aliphatic heterocycles. The van der Waals surface area contributed by atoms with Crippen LogP contribution in [0.25, 0.3) is 0 Å². The summed E-state index contributed by atoms with van der Waals surface area (Å²) in [5.41, 5.74) is 2.46. The number of nitrogens with zero attached hydrogens (tertiary/aromatic N) is 3. The highest BCUT2D eigenvalue weighted by Gasteiger charge is 2.11. The van der Waals surface area contributed by atoms with E-state index in [1.807, 2.05) is 0 Å². The van der Waals surface area contributed by atoms with E-state index in [0.717, 1.165) is 6.07 Å². The average Bonchev–Trinajstić information content (AvgIpc) is 2.55. The second kappa shape index (κ2) is 6.91. The van der Waals surface area contributed by atoms with Crippen LogP contribution in [0.2, 0.25) is 0 Å². The van der Waals surface area contributed by atoms with Crippen molar-refractivity contribution < 1.29 is 14.1 Å². The predicted molar refractivity (Wildman–Crippen MR) is 79.3 cm³/mol. The number of halogens is 1. The first-order valence-electron chi connectivity index (χ1n) is 6.29. The van der Waals surface area contributed by atoms with Gasteiger partial charge in [0.1, 0.15) is 5.82 Å². The molecular formula is C15H9FN4O3. The fourth-order valence-electron chi connectivity index (χ4n) is 1.68. The Balaban J connectivity index is 2.04. The minimum absolute atomic E-state index is 0.0640. The van der Waals surface area contributed by atoms with Gasteiger partial charge in [0.2, 0.25) is 0 Å². The Hall–Kier alpha value is -3.60. The normalized spacial score (nSPS) is 10.3. The maximum Gasteiger partial charge on any atom is 0.274 e. The first kappa shape index (κ1) is 15.8. The van der Waals surface area contributed by atoms with Gasteiger partial charge in [-0.15, -0.1) is 0 Å². The second-order valence-corrected chi connectivity index (χ2v) is 4.35. The summed E-state index contributed by atoms with van der Waals surface area (Å²) in [5, 5.41) is 22.8. The van der Waals surface area contributed by atoms with Crippen LogP contribution in [-0.4, -0.2) is 17.0 Å². The highest BCUT2D eigenvalue weighted by atomic mass is 19.1. The number of nitriles is 1. The molecule has 7 nitrogen and oxygen atoms in total. The number of hydrazone groups is 1. The fourth-order valence-corrected chi connectivity index (χ4v) is 1.68. The molecule has 0 saturated carbocycles. The minimum atomic E-state index is -0.827. The summed E-state index contributed by atoms with van der Waals surface area (Å²) in [7, 11) is 0. The zero-order valence-corrected chi connectivity index (χ0v) is 11.6. The summed E-state index contributed by atoms with van der Waals surface area (Å²) in [6.07, 6.45) is 1.27. The van der Waals surface area contributed by atoms with Crippen molar-refractivity contribution >= 4 is 17.8 Å². The van der Waals surface area contributed by atoms with E-state index >= 15 is 0 Å². The number of carbonyl (C=O) groups is 1. The van der Waals surface area contributed by atoms with E-state index in [1.54, 1.807) is 6.07 Å². The molecule has 1 amide bonds. The molecule has 0 bridgehead atoms. The van der Waals surface area contributed by atoms with Crippen molar-refractivity contribution in [3.05, 3.63) is 75.1 Å². The molecule has 0 aliphatic carbocycles. The van der Waals surface area contributed by atoms with Gasteiger partial charge in [0.05, 0.1) is 28.3 Å². The number of nitro benzene ring substituents is 1. The van der Waals surface area contributed by atoms with Gasteiger partial charge in [-0.05, 0) is 35.9 Å². The summed E-state index contributed by atoms with van der Waals surface area (Å²) < 4.78 is 13.6. The maximum absolute atomic E-state index is 13.6. The summed E-state index contributed by atoms with van der Waals surface area (Å²) in [4.78, 5) is 21.7. The maximum atomic E-state index is 13.6. The van der Waals surface area contributed by atoms with Crippen LogP contribution < -0.4 is 5.43 Å². The third-order valence-corrected chi connectivity index (χ3v) is 2.83. The number of non-ortho nitro benzene ring substituents is 1. The Morgan fingerprint density at radius 1 is 1.30 bits per heavy atom. The number of nitro groups is 1. The molecule has 0 radical (unpaired) electrons. The molecule has 23 heavy (non-hydrogen) atoms. The molecule has 1 N–H and O–H groups in total. The Morgan fingerprint density at radius 2 is 2.00 bits per heavy atom. The molecule has 0 spiro atoms. The lowest BCUT2D eigenvalue weighted by atomic mass is 10.1. The third-order valence-electron chi connectivity index (χ3n) is 2.83. The first-order valence-corrected chi connectivity index (χ1v) is 6.29. The summed E-state index contributed by atoms with van der Waals surface area (Å²) >= 11 is 0. The molecule has 0 aromatic heterocycles. The van der Waals surface area contributed by atoms with Crippen molar-refractivity contribution in [1.82, 2.24) is 5.43 Å². The summed E-state index contributed by atoms with van der Waals surface area (Å²) in [6, 6.07) is 10.7. The number of carbonyl (C=O) groups excluding carboxylic acids is 1. The van der Waals surface area contributed by atoms with Crippen molar-refractivity contribution in [2.75, 3.05) is 0 Å². The Morgan fingerprint density at radius 3 is 2.57 bits per heavy atom. The molecular weight excluding hydrogens is 303 g/mol. The van der Waals surface area contributed by atoms with Crippen LogP contribution in [0, 0.1) is 27.3 Å². The van der Waals surface area contributed by atoms with Gasteiger partial charge in [0.25, 0.3) is 11.6 Å². The van der Waals surface area contributed by atoms with Crippen LogP contribution in [0.3, 0.4) is 0 Å². The van der Waals surface area contributed by atoms with Crippen LogP contribution >= 0.6 is 0 Å². The molecule has 114 valence electrons. The van der Waals surface area contributed by atoms with E-state index < -0.39 is 16.6 Å². The number of benzene rings is 2. The Kier molecular flexibility index (Phi) is 4.74. The van der Waals surface area contributed by atoms with E-state index in [-0.39, 0.29) is 16.8 Å². The van der Waals surface area contributed by atoms with Crippen molar-refractivity contribution in [3.63, 3.8) is 0 Å². The Bertz CT molecular complexity index is 826. The van der Waals surface area contributed by atoms with Crippen molar-refractivity contribution in [2.45, 2.75) is 0 Å². The van der Waals surface area contributed by atoms with E-state index in [0.29, 0.717) is 5.56 Å². The van der Waals surface area contributed by atoms with Gasteiger partial charge < -0.3 is 0 Å². The minimum Gasteiger partial charge on any atom is -0.267 e. The number of rotatable bonds is 4. The van der Waals surface area contributed by atoms with E-state index in [2.05, 4.69) is 10.5 Å². The van der Waals surface area contributed by atoms with Gasteiger partial charge in [-0.1, -0.05) is 0 Å². The topological polar surface area (TPSA) is 108 Å². The van der Waals surface area contributed by atoms with Crippen LogP contribution in [0.1, 0.15) is 21.5 Å². The molecule has 2 rings (SSSR count). The van der Waals surface area contributed by atoms with Gasteiger partial charge in [-0.2, -0.15) is 10.4 Å². The van der Waals surface area contributed by atoms with Crippen molar-refractivity contribution in [2.24, 2.45) is 5.10 Å². The average molecular weight is 312 g/mol. The van der Waals surface area contributed by atoms with Gasteiger partial charge in [-0.3, -0.25) is 14.9 Å².